The summed E-state index contributed by atoms with van der Waals surface area (Å²) in [5.41, 5.74) is 2.65. The van der Waals surface area contributed by atoms with Crippen LogP contribution in [0.2, 0.25) is 5.02 Å². The fourth-order valence-electron chi connectivity index (χ4n) is 2.86. The summed E-state index contributed by atoms with van der Waals surface area (Å²) in [6, 6.07) is 9.51. The van der Waals surface area contributed by atoms with Gasteiger partial charge >= 0.3 is 0 Å². The lowest BCUT2D eigenvalue weighted by molar-refractivity contribution is -0.111. The van der Waals surface area contributed by atoms with Crippen molar-refractivity contribution in [3.8, 4) is 6.07 Å². The lowest BCUT2D eigenvalue weighted by atomic mass is 9.89. The summed E-state index contributed by atoms with van der Waals surface area (Å²) in [6.45, 7) is 2.22. The van der Waals surface area contributed by atoms with Crippen molar-refractivity contribution in [3.63, 3.8) is 0 Å². The van der Waals surface area contributed by atoms with E-state index < -0.39 is 0 Å². The van der Waals surface area contributed by atoms with E-state index in [0.717, 1.165) is 30.4 Å². The summed E-state index contributed by atoms with van der Waals surface area (Å²) < 4.78 is 0. The van der Waals surface area contributed by atoms with Gasteiger partial charge in [0.2, 0.25) is 5.91 Å². The molecule has 122 valence electrons. The Bertz CT molecular complexity index is 830. The Labute approximate surface area is 150 Å². The van der Waals surface area contributed by atoms with E-state index in [0.29, 0.717) is 21.5 Å². The van der Waals surface area contributed by atoms with Gasteiger partial charge in [-0.15, -0.1) is 11.3 Å². The minimum atomic E-state index is -0.229. The second kappa shape index (κ2) is 7.21. The highest BCUT2D eigenvalue weighted by Crippen LogP contribution is 2.39. The molecular weight excluding hydrogens is 340 g/mol. The number of hydrogen-bond acceptors (Lipinski definition) is 3. The van der Waals surface area contributed by atoms with Crippen LogP contribution in [0.3, 0.4) is 0 Å². The van der Waals surface area contributed by atoms with Gasteiger partial charge in [-0.1, -0.05) is 30.7 Å². The second-order valence-corrected chi connectivity index (χ2v) is 7.58. The van der Waals surface area contributed by atoms with Crippen LogP contribution < -0.4 is 5.32 Å². The quantitative estimate of drug-likeness (QED) is 0.782. The lowest BCUT2D eigenvalue weighted by Crippen LogP contribution is -2.10. The zero-order valence-electron chi connectivity index (χ0n) is 13.3. The molecule has 3 rings (SSSR count). The van der Waals surface area contributed by atoms with E-state index in [9.17, 15) is 10.1 Å². The standard InChI is InChI=1S/C19H17ClN2OS/c1-12-2-8-15-16(11-21)19(24-17(15)10-12)22-18(23)9-5-13-3-6-14(20)7-4-13/h3-7,9,12H,2,8,10H2,1H3,(H,22,23)/b9-5+/t12-/m0/s1. The van der Waals surface area contributed by atoms with Crippen molar-refractivity contribution in [2.75, 3.05) is 5.32 Å². The maximum Gasteiger partial charge on any atom is 0.249 e. The molecule has 2 aromatic rings. The maximum atomic E-state index is 12.2. The molecule has 1 amide bonds. The molecule has 0 saturated heterocycles. The van der Waals surface area contributed by atoms with Gasteiger partial charge in [0.25, 0.3) is 0 Å². The van der Waals surface area contributed by atoms with Crippen LogP contribution in [-0.2, 0) is 17.6 Å². The first-order valence-corrected chi connectivity index (χ1v) is 9.05. The van der Waals surface area contributed by atoms with Gasteiger partial charge in [0.1, 0.15) is 11.1 Å². The van der Waals surface area contributed by atoms with Crippen LogP contribution in [0.25, 0.3) is 6.08 Å². The molecule has 24 heavy (non-hydrogen) atoms. The molecule has 1 atom stereocenters. The summed E-state index contributed by atoms with van der Waals surface area (Å²) in [4.78, 5) is 13.4. The number of nitrogens with zero attached hydrogens (tertiary/aromatic N) is 1. The average molecular weight is 357 g/mol. The Hall–Kier alpha value is -2.09. The van der Waals surface area contributed by atoms with Crippen LogP contribution >= 0.6 is 22.9 Å². The van der Waals surface area contributed by atoms with Crippen LogP contribution in [0.1, 0.15) is 34.9 Å². The van der Waals surface area contributed by atoms with E-state index in [2.05, 4.69) is 18.3 Å². The molecule has 1 aromatic carbocycles. The molecule has 0 fully saturated rings. The first-order valence-electron chi connectivity index (χ1n) is 7.86. The molecule has 0 bridgehead atoms. The van der Waals surface area contributed by atoms with Crippen LogP contribution in [-0.4, -0.2) is 5.91 Å². The highest BCUT2D eigenvalue weighted by atomic mass is 35.5. The number of thiophene rings is 1. The van der Waals surface area contributed by atoms with E-state index >= 15 is 0 Å². The topological polar surface area (TPSA) is 52.9 Å². The third-order valence-corrected chi connectivity index (χ3v) is 5.58. The molecule has 0 aliphatic heterocycles. The molecule has 1 heterocycles. The molecule has 0 spiro atoms. The van der Waals surface area contributed by atoms with Crippen molar-refractivity contribution in [1.82, 2.24) is 0 Å². The van der Waals surface area contributed by atoms with Crippen molar-refractivity contribution in [2.45, 2.75) is 26.2 Å². The highest BCUT2D eigenvalue weighted by Gasteiger charge is 2.24. The van der Waals surface area contributed by atoms with Crippen LogP contribution in [0, 0.1) is 17.2 Å². The number of amides is 1. The Kier molecular flexibility index (Phi) is 5.03. The number of hydrogen-bond donors (Lipinski definition) is 1. The van der Waals surface area contributed by atoms with Crippen molar-refractivity contribution in [2.24, 2.45) is 5.92 Å². The number of carbonyl (C=O) groups excluding carboxylic acids is 1. The molecule has 1 aliphatic carbocycles. The number of benzene rings is 1. The number of fused-ring (bicyclic) bond motifs is 1. The van der Waals surface area contributed by atoms with Gasteiger partial charge in [-0.05, 0) is 54.5 Å². The monoisotopic (exact) mass is 356 g/mol. The van der Waals surface area contributed by atoms with Crippen LogP contribution in [0.4, 0.5) is 5.00 Å². The second-order valence-electron chi connectivity index (χ2n) is 6.04. The molecular formula is C19H17ClN2OS. The number of rotatable bonds is 3. The van der Waals surface area contributed by atoms with Gasteiger partial charge in [-0.2, -0.15) is 5.26 Å². The fourth-order valence-corrected chi connectivity index (χ4v) is 4.35. The molecule has 1 N–H and O–H groups in total. The van der Waals surface area contributed by atoms with Gasteiger partial charge < -0.3 is 5.32 Å². The van der Waals surface area contributed by atoms with Crippen molar-refractivity contribution in [1.29, 1.82) is 5.26 Å². The van der Waals surface area contributed by atoms with Gasteiger partial charge in [0.15, 0.2) is 0 Å². The van der Waals surface area contributed by atoms with Gasteiger partial charge in [0, 0.05) is 16.0 Å². The summed E-state index contributed by atoms with van der Waals surface area (Å²) in [7, 11) is 0. The number of nitrogens with one attached hydrogen (secondary N) is 1. The van der Waals surface area contributed by atoms with Crippen LogP contribution in [0.5, 0.6) is 0 Å². The minimum Gasteiger partial charge on any atom is -0.313 e. The Morgan fingerprint density at radius 2 is 2.17 bits per heavy atom. The third-order valence-electron chi connectivity index (χ3n) is 4.16. The molecule has 1 aliphatic rings. The Morgan fingerprint density at radius 1 is 1.42 bits per heavy atom. The molecule has 0 saturated carbocycles. The van der Waals surface area contributed by atoms with Gasteiger partial charge in [-0.25, -0.2) is 0 Å². The lowest BCUT2D eigenvalue weighted by Gasteiger charge is -2.17. The summed E-state index contributed by atoms with van der Waals surface area (Å²) in [5.74, 6) is 0.407. The van der Waals surface area contributed by atoms with Crippen molar-refractivity contribution in [3.05, 3.63) is 56.9 Å². The smallest absolute Gasteiger partial charge is 0.249 e. The first-order chi connectivity index (χ1) is 11.6. The first kappa shape index (κ1) is 16.8. The minimum absolute atomic E-state index is 0.229. The Morgan fingerprint density at radius 3 is 2.88 bits per heavy atom. The van der Waals surface area contributed by atoms with E-state index in [1.54, 1.807) is 18.2 Å². The number of halogens is 1. The van der Waals surface area contributed by atoms with Crippen molar-refractivity contribution < 1.29 is 4.79 Å². The zero-order valence-corrected chi connectivity index (χ0v) is 14.9. The SMILES string of the molecule is C[C@H]1CCc2c(sc(NC(=O)/C=C/c3ccc(Cl)cc3)c2C#N)C1. The number of carbonyl (C=O) groups is 1. The third kappa shape index (κ3) is 3.69. The molecule has 5 heteroatoms. The maximum absolute atomic E-state index is 12.2. The predicted molar refractivity (Wildman–Crippen MR) is 99.3 cm³/mol. The summed E-state index contributed by atoms with van der Waals surface area (Å²) in [6.07, 6.45) is 6.22. The van der Waals surface area contributed by atoms with E-state index in [1.807, 2.05) is 12.1 Å². The zero-order chi connectivity index (χ0) is 17.1. The summed E-state index contributed by atoms with van der Waals surface area (Å²) in [5, 5.41) is 13.6. The van der Waals surface area contributed by atoms with Gasteiger partial charge in [0.05, 0.1) is 5.56 Å². The highest BCUT2D eigenvalue weighted by molar-refractivity contribution is 7.16. The fraction of sp³-hybridized carbons (Fsp3) is 0.263. The van der Waals surface area contributed by atoms with Crippen molar-refractivity contribution >= 4 is 39.9 Å². The molecule has 3 nitrogen and oxygen atoms in total. The average Bonchev–Trinajstić information content (AvgIpc) is 2.90. The largest absolute Gasteiger partial charge is 0.313 e. The van der Waals surface area contributed by atoms with E-state index in [-0.39, 0.29) is 5.91 Å². The van der Waals surface area contributed by atoms with E-state index in [4.69, 9.17) is 11.6 Å². The van der Waals surface area contributed by atoms with E-state index in [1.165, 1.54) is 22.3 Å². The Balaban J connectivity index is 1.75. The molecule has 1 aromatic heterocycles. The number of anilines is 1. The molecule has 0 radical (unpaired) electrons. The normalized spacial score (nSPS) is 16.6. The van der Waals surface area contributed by atoms with Gasteiger partial charge in [-0.3, -0.25) is 4.79 Å². The molecule has 0 unspecified atom stereocenters. The summed E-state index contributed by atoms with van der Waals surface area (Å²) >= 11 is 7.38. The predicted octanol–water partition coefficient (Wildman–Crippen LogP) is 5.05. The number of nitriles is 1. The van der Waals surface area contributed by atoms with Crippen LogP contribution in [0.15, 0.2) is 30.3 Å².